The molecular formula is C30H31NO6. The first-order valence-corrected chi connectivity index (χ1v) is 12.3. The van der Waals surface area contributed by atoms with Crippen molar-refractivity contribution in [2.45, 2.75) is 40.3 Å². The number of benzene rings is 3. The van der Waals surface area contributed by atoms with E-state index in [1.165, 1.54) is 17.0 Å². The van der Waals surface area contributed by atoms with Crippen molar-refractivity contribution in [3.05, 3.63) is 94.1 Å². The van der Waals surface area contributed by atoms with Gasteiger partial charge in [-0.3, -0.25) is 9.59 Å². The van der Waals surface area contributed by atoms with Crippen LogP contribution in [0.1, 0.15) is 47.7 Å². The maximum Gasteiger partial charge on any atom is 0.295 e. The van der Waals surface area contributed by atoms with Crippen LogP contribution in [-0.4, -0.2) is 40.0 Å². The van der Waals surface area contributed by atoms with Crippen molar-refractivity contribution in [3.63, 3.8) is 0 Å². The number of rotatable bonds is 8. The Morgan fingerprint density at radius 2 is 1.62 bits per heavy atom. The highest BCUT2D eigenvalue weighted by Gasteiger charge is 2.46. The van der Waals surface area contributed by atoms with Crippen LogP contribution >= 0.6 is 0 Å². The van der Waals surface area contributed by atoms with E-state index in [1.54, 1.807) is 30.3 Å². The summed E-state index contributed by atoms with van der Waals surface area (Å²) in [6, 6.07) is 16.4. The molecule has 3 aromatic carbocycles. The third-order valence-corrected chi connectivity index (χ3v) is 6.41. The Morgan fingerprint density at radius 3 is 2.30 bits per heavy atom. The van der Waals surface area contributed by atoms with E-state index in [1.807, 2.05) is 45.9 Å². The lowest BCUT2D eigenvalue weighted by atomic mass is 9.94. The Kier molecular flexibility index (Phi) is 7.53. The molecule has 0 spiro atoms. The molecule has 1 heterocycles. The molecule has 0 aliphatic carbocycles. The largest absolute Gasteiger partial charge is 0.508 e. The van der Waals surface area contributed by atoms with Crippen LogP contribution in [0, 0.1) is 13.8 Å². The SMILES string of the molecule is CCOc1ccc(/C(O)=C2/C(=O)C(=O)N(Cc3cc(C)ccc3C)C2c2ccc(O)cc2)c(OCC)c1. The Hall–Kier alpha value is -4.26. The molecule has 1 atom stereocenters. The lowest BCUT2D eigenvalue weighted by Gasteiger charge is -2.26. The summed E-state index contributed by atoms with van der Waals surface area (Å²) in [6.07, 6.45) is 0. The number of likely N-dealkylation sites (tertiary alicyclic amines) is 1. The molecule has 1 amide bonds. The van der Waals surface area contributed by atoms with E-state index in [-0.39, 0.29) is 23.6 Å². The van der Waals surface area contributed by atoms with Gasteiger partial charge in [0.25, 0.3) is 11.7 Å². The monoisotopic (exact) mass is 501 g/mol. The number of phenolic OH excluding ortho intramolecular Hbond substituents is 1. The van der Waals surface area contributed by atoms with Crippen LogP contribution in [0.4, 0.5) is 0 Å². The molecular weight excluding hydrogens is 470 g/mol. The van der Waals surface area contributed by atoms with Crippen LogP contribution in [0.3, 0.4) is 0 Å². The van der Waals surface area contributed by atoms with Crippen LogP contribution in [0.2, 0.25) is 0 Å². The molecule has 1 saturated heterocycles. The summed E-state index contributed by atoms with van der Waals surface area (Å²) in [5.74, 6) is -0.850. The first-order chi connectivity index (χ1) is 17.7. The van der Waals surface area contributed by atoms with Crippen LogP contribution in [0.25, 0.3) is 5.76 Å². The summed E-state index contributed by atoms with van der Waals surface area (Å²) in [5.41, 5.74) is 3.77. The second-order valence-corrected chi connectivity index (χ2v) is 8.97. The van der Waals surface area contributed by atoms with E-state index in [4.69, 9.17) is 9.47 Å². The number of aliphatic hydroxyl groups is 1. The first kappa shape index (κ1) is 25.8. The molecule has 0 aromatic heterocycles. The van der Waals surface area contributed by atoms with Crippen molar-refractivity contribution in [2.75, 3.05) is 13.2 Å². The molecule has 0 radical (unpaired) electrons. The molecule has 1 fully saturated rings. The van der Waals surface area contributed by atoms with E-state index in [9.17, 15) is 19.8 Å². The van der Waals surface area contributed by atoms with Crippen molar-refractivity contribution in [1.82, 2.24) is 4.90 Å². The van der Waals surface area contributed by atoms with Crippen LogP contribution in [0.5, 0.6) is 17.2 Å². The van der Waals surface area contributed by atoms with Gasteiger partial charge in [0.1, 0.15) is 23.0 Å². The number of nitrogens with zero attached hydrogens (tertiary/aromatic N) is 1. The molecule has 1 aliphatic rings. The van der Waals surface area contributed by atoms with E-state index in [2.05, 4.69) is 0 Å². The number of carbonyl (C=O) groups excluding carboxylic acids is 2. The third-order valence-electron chi connectivity index (χ3n) is 6.41. The van der Waals surface area contributed by atoms with E-state index in [0.717, 1.165) is 16.7 Å². The van der Waals surface area contributed by atoms with Crippen molar-refractivity contribution in [2.24, 2.45) is 0 Å². The molecule has 7 nitrogen and oxygen atoms in total. The fourth-order valence-corrected chi connectivity index (χ4v) is 4.58. The standard InChI is InChI=1S/C30H31NO6/c1-5-36-23-13-14-24(25(16-23)37-6-2)28(33)26-27(20-9-11-22(32)12-10-20)31(30(35)29(26)34)17-21-15-18(3)7-8-19(21)4/h7-16,27,32-33H,5-6,17H2,1-4H3/b28-26-. The molecule has 0 saturated carbocycles. The molecule has 3 aromatic rings. The number of Topliss-reactive ketones (excluding diaryl/α,β-unsaturated/α-hetero) is 1. The highest BCUT2D eigenvalue weighted by Crippen LogP contribution is 2.42. The third kappa shape index (κ3) is 5.16. The summed E-state index contributed by atoms with van der Waals surface area (Å²) in [7, 11) is 0. The van der Waals surface area contributed by atoms with Gasteiger partial charge in [-0.15, -0.1) is 0 Å². The molecule has 4 rings (SSSR count). The summed E-state index contributed by atoms with van der Waals surface area (Å²) in [4.78, 5) is 28.3. The van der Waals surface area contributed by atoms with Gasteiger partial charge in [0, 0.05) is 12.6 Å². The average molecular weight is 502 g/mol. The van der Waals surface area contributed by atoms with Gasteiger partial charge < -0.3 is 24.6 Å². The van der Waals surface area contributed by atoms with Gasteiger partial charge in [-0.1, -0.05) is 35.9 Å². The van der Waals surface area contributed by atoms with Gasteiger partial charge in [0.05, 0.1) is 30.4 Å². The van der Waals surface area contributed by atoms with E-state index in [0.29, 0.717) is 35.8 Å². The normalized spacial score (nSPS) is 16.8. The zero-order valence-corrected chi connectivity index (χ0v) is 21.4. The Bertz CT molecular complexity index is 1360. The molecule has 1 aliphatic heterocycles. The average Bonchev–Trinajstić information content (AvgIpc) is 3.12. The second-order valence-electron chi connectivity index (χ2n) is 8.97. The maximum atomic E-state index is 13.4. The fraction of sp³-hybridized carbons (Fsp3) is 0.267. The number of hydrogen-bond acceptors (Lipinski definition) is 6. The van der Waals surface area contributed by atoms with Crippen molar-refractivity contribution >= 4 is 17.4 Å². The summed E-state index contributed by atoms with van der Waals surface area (Å²) in [5, 5.41) is 21.4. The molecule has 2 N–H and O–H groups in total. The molecule has 192 valence electrons. The minimum absolute atomic E-state index is 0.0360. The summed E-state index contributed by atoms with van der Waals surface area (Å²) >= 11 is 0. The van der Waals surface area contributed by atoms with Crippen molar-refractivity contribution in [1.29, 1.82) is 0 Å². The van der Waals surface area contributed by atoms with Crippen molar-refractivity contribution < 1.29 is 29.3 Å². The number of ketones is 1. The smallest absolute Gasteiger partial charge is 0.295 e. The van der Waals surface area contributed by atoms with E-state index >= 15 is 0 Å². The minimum Gasteiger partial charge on any atom is -0.508 e. The predicted octanol–water partition coefficient (Wildman–Crippen LogP) is 5.43. The second kappa shape index (κ2) is 10.8. The maximum absolute atomic E-state index is 13.4. The minimum atomic E-state index is -0.860. The van der Waals surface area contributed by atoms with Gasteiger partial charge in [-0.05, 0) is 68.7 Å². The summed E-state index contributed by atoms with van der Waals surface area (Å²) < 4.78 is 11.3. The number of phenols is 1. The molecule has 7 heteroatoms. The van der Waals surface area contributed by atoms with Crippen LogP contribution in [-0.2, 0) is 16.1 Å². The van der Waals surface area contributed by atoms with Crippen molar-refractivity contribution in [3.8, 4) is 17.2 Å². The number of aryl methyl sites for hydroxylation is 2. The van der Waals surface area contributed by atoms with Crippen LogP contribution < -0.4 is 9.47 Å². The molecule has 1 unspecified atom stereocenters. The molecule has 37 heavy (non-hydrogen) atoms. The Balaban J connectivity index is 1.89. The first-order valence-electron chi connectivity index (χ1n) is 12.3. The number of amides is 1. The Labute approximate surface area is 216 Å². The van der Waals surface area contributed by atoms with Gasteiger partial charge in [0.15, 0.2) is 0 Å². The number of aliphatic hydroxyl groups excluding tert-OH is 1. The summed E-state index contributed by atoms with van der Waals surface area (Å²) in [6.45, 7) is 8.58. The number of carbonyl (C=O) groups is 2. The number of ether oxygens (including phenoxy) is 2. The topological polar surface area (TPSA) is 96.3 Å². The van der Waals surface area contributed by atoms with Gasteiger partial charge in [-0.25, -0.2) is 0 Å². The van der Waals surface area contributed by atoms with Gasteiger partial charge in [0.2, 0.25) is 0 Å². The van der Waals surface area contributed by atoms with E-state index < -0.39 is 17.7 Å². The lowest BCUT2D eigenvalue weighted by molar-refractivity contribution is -0.140. The number of hydrogen-bond donors (Lipinski definition) is 2. The zero-order valence-electron chi connectivity index (χ0n) is 21.4. The number of aromatic hydroxyl groups is 1. The fourth-order valence-electron chi connectivity index (χ4n) is 4.58. The molecule has 0 bridgehead atoms. The quantitative estimate of drug-likeness (QED) is 0.243. The zero-order chi connectivity index (χ0) is 26.7. The van der Waals surface area contributed by atoms with Gasteiger partial charge in [-0.2, -0.15) is 0 Å². The highest BCUT2D eigenvalue weighted by molar-refractivity contribution is 6.46. The predicted molar refractivity (Wildman–Crippen MR) is 141 cm³/mol. The highest BCUT2D eigenvalue weighted by atomic mass is 16.5. The van der Waals surface area contributed by atoms with Crippen LogP contribution in [0.15, 0.2) is 66.2 Å². The van der Waals surface area contributed by atoms with Gasteiger partial charge >= 0.3 is 0 Å². The lowest BCUT2D eigenvalue weighted by Crippen LogP contribution is -2.29. The Morgan fingerprint density at radius 1 is 0.919 bits per heavy atom.